The van der Waals surface area contributed by atoms with Gasteiger partial charge in [0.1, 0.15) is 0 Å². The summed E-state index contributed by atoms with van der Waals surface area (Å²) in [6.07, 6.45) is 0. The standard InChI is InChI=1S/C23H28N8S/c1-16(17-7-5-4-6-8-17)14-25-21-28-22(30-23(29-21)31(3)12-11-24-2)27-18-9-10-19-20(13-18)32-15-26-19/h4-10,13,15-16,24H,11-12,14H2,1-3H3,(H2,25,27,28,29,30). The number of hydrogen-bond donors (Lipinski definition) is 3. The number of anilines is 4. The van der Waals surface area contributed by atoms with Crippen molar-refractivity contribution in [3.8, 4) is 0 Å². The van der Waals surface area contributed by atoms with E-state index in [0.29, 0.717) is 23.8 Å². The highest BCUT2D eigenvalue weighted by Crippen LogP contribution is 2.24. The van der Waals surface area contributed by atoms with Crippen molar-refractivity contribution >= 4 is 45.1 Å². The van der Waals surface area contributed by atoms with Crippen molar-refractivity contribution < 1.29 is 0 Å². The summed E-state index contributed by atoms with van der Waals surface area (Å²) in [6, 6.07) is 16.5. The van der Waals surface area contributed by atoms with Gasteiger partial charge in [0, 0.05) is 32.4 Å². The average molecular weight is 449 g/mol. The minimum absolute atomic E-state index is 0.323. The van der Waals surface area contributed by atoms with Crippen LogP contribution in [0, 0.1) is 0 Å². The van der Waals surface area contributed by atoms with Gasteiger partial charge in [0.2, 0.25) is 17.8 Å². The second-order valence-electron chi connectivity index (χ2n) is 7.66. The van der Waals surface area contributed by atoms with Crippen LogP contribution in [0.5, 0.6) is 0 Å². The van der Waals surface area contributed by atoms with Crippen LogP contribution in [-0.4, -0.2) is 53.7 Å². The zero-order valence-corrected chi connectivity index (χ0v) is 19.4. The van der Waals surface area contributed by atoms with Crippen LogP contribution in [-0.2, 0) is 0 Å². The SMILES string of the molecule is CNCCN(C)c1nc(NCC(C)c2ccccc2)nc(Nc2ccc3ncsc3c2)n1. The van der Waals surface area contributed by atoms with Crippen LogP contribution in [0.4, 0.5) is 23.5 Å². The van der Waals surface area contributed by atoms with Crippen LogP contribution >= 0.6 is 11.3 Å². The molecular weight excluding hydrogens is 420 g/mol. The highest BCUT2D eigenvalue weighted by molar-refractivity contribution is 7.16. The number of hydrogen-bond acceptors (Lipinski definition) is 9. The molecule has 0 saturated heterocycles. The Kier molecular flexibility index (Phi) is 7.08. The summed E-state index contributed by atoms with van der Waals surface area (Å²) in [6.45, 7) is 4.53. The van der Waals surface area contributed by atoms with E-state index >= 15 is 0 Å². The van der Waals surface area contributed by atoms with E-state index < -0.39 is 0 Å². The first-order chi connectivity index (χ1) is 15.6. The van der Waals surface area contributed by atoms with E-state index in [1.165, 1.54) is 5.56 Å². The molecule has 2 aromatic carbocycles. The summed E-state index contributed by atoms with van der Waals surface area (Å²) >= 11 is 1.61. The Hall–Kier alpha value is -3.30. The number of nitrogens with zero attached hydrogens (tertiary/aromatic N) is 5. The first-order valence-corrected chi connectivity index (χ1v) is 11.5. The molecule has 2 heterocycles. The minimum Gasteiger partial charge on any atom is -0.353 e. The lowest BCUT2D eigenvalue weighted by Gasteiger charge is -2.19. The van der Waals surface area contributed by atoms with Crippen molar-refractivity contribution in [3.05, 3.63) is 59.6 Å². The fraction of sp³-hybridized carbons (Fsp3) is 0.304. The second kappa shape index (κ2) is 10.3. The Morgan fingerprint density at radius 1 is 1.03 bits per heavy atom. The van der Waals surface area contributed by atoms with E-state index in [2.05, 4.69) is 73.1 Å². The molecule has 0 aliphatic carbocycles. The molecule has 1 atom stereocenters. The average Bonchev–Trinajstić information content (AvgIpc) is 3.29. The zero-order valence-electron chi connectivity index (χ0n) is 18.5. The number of benzene rings is 2. The first-order valence-electron chi connectivity index (χ1n) is 10.6. The van der Waals surface area contributed by atoms with Crippen molar-refractivity contribution in [1.82, 2.24) is 25.3 Å². The number of likely N-dealkylation sites (N-methyl/N-ethyl adjacent to an activating group) is 2. The van der Waals surface area contributed by atoms with Gasteiger partial charge < -0.3 is 20.9 Å². The summed E-state index contributed by atoms with van der Waals surface area (Å²) in [5.74, 6) is 2.00. The van der Waals surface area contributed by atoms with Gasteiger partial charge in [-0.3, -0.25) is 0 Å². The number of fused-ring (bicyclic) bond motifs is 1. The number of nitrogens with one attached hydrogen (secondary N) is 3. The summed E-state index contributed by atoms with van der Waals surface area (Å²) in [7, 11) is 3.91. The molecule has 3 N–H and O–H groups in total. The van der Waals surface area contributed by atoms with Crippen LogP contribution in [0.3, 0.4) is 0 Å². The summed E-state index contributed by atoms with van der Waals surface area (Å²) in [4.78, 5) is 20.3. The van der Waals surface area contributed by atoms with Crippen LogP contribution < -0.4 is 20.9 Å². The lowest BCUT2D eigenvalue weighted by atomic mass is 10.0. The molecule has 0 amide bonds. The van der Waals surface area contributed by atoms with Crippen LogP contribution in [0.25, 0.3) is 10.2 Å². The quantitative estimate of drug-likeness (QED) is 0.334. The Labute approximate surface area is 192 Å². The maximum Gasteiger partial charge on any atom is 0.233 e. The molecule has 0 fully saturated rings. The zero-order chi connectivity index (χ0) is 22.3. The normalized spacial score (nSPS) is 12.0. The van der Waals surface area contributed by atoms with E-state index in [1.54, 1.807) is 11.3 Å². The monoisotopic (exact) mass is 448 g/mol. The molecule has 32 heavy (non-hydrogen) atoms. The van der Waals surface area contributed by atoms with E-state index in [9.17, 15) is 0 Å². The molecule has 4 aromatic rings. The fourth-order valence-corrected chi connectivity index (χ4v) is 3.97. The third kappa shape index (κ3) is 5.49. The largest absolute Gasteiger partial charge is 0.353 e. The highest BCUT2D eigenvalue weighted by Gasteiger charge is 2.13. The summed E-state index contributed by atoms with van der Waals surface area (Å²) < 4.78 is 1.12. The molecule has 0 spiro atoms. The Bertz CT molecular complexity index is 1150. The van der Waals surface area contributed by atoms with Crippen molar-refractivity contribution in [1.29, 1.82) is 0 Å². The van der Waals surface area contributed by atoms with Gasteiger partial charge >= 0.3 is 0 Å². The Balaban J connectivity index is 1.55. The van der Waals surface area contributed by atoms with Crippen LogP contribution in [0.15, 0.2) is 54.0 Å². The predicted molar refractivity (Wildman–Crippen MR) is 133 cm³/mol. The predicted octanol–water partition coefficient (Wildman–Crippen LogP) is 4.10. The first kappa shape index (κ1) is 21.9. The molecule has 0 aliphatic heterocycles. The van der Waals surface area contributed by atoms with E-state index in [1.807, 2.05) is 42.7 Å². The molecule has 9 heteroatoms. The van der Waals surface area contributed by atoms with Crippen LogP contribution in [0.2, 0.25) is 0 Å². The second-order valence-corrected chi connectivity index (χ2v) is 8.55. The van der Waals surface area contributed by atoms with E-state index in [4.69, 9.17) is 0 Å². The Morgan fingerprint density at radius 2 is 1.84 bits per heavy atom. The van der Waals surface area contributed by atoms with Crippen molar-refractivity contribution in [2.75, 3.05) is 49.3 Å². The van der Waals surface area contributed by atoms with Gasteiger partial charge in [0.05, 0.1) is 15.7 Å². The van der Waals surface area contributed by atoms with Crippen molar-refractivity contribution in [3.63, 3.8) is 0 Å². The summed E-state index contributed by atoms with van der Waals surface area (Å²) in [5, 5.41) is 9.89. The maximum atomic E-state index is 4.65. The smallest absolute Gasteiger partial charge is 0.233 e. The molecule has 0 radical (unpaired) electrons. The van der Waals surface area contributed by atoms with Crippen molar-refractivity contribution in [2.24, 2.45) is 0 Å². The molecular formula is C23H28N8S. The van der Waals surface area contributed by atoms with Gasteiger partial charge in [-0.2, -0.15) is 15.0 Å². The molecule has 166 valence electrons. The Morgan fingerprint density at radius 3 is 2.66 bits per heavy atom. The van der Waals surface area contributed by atoms with E-state index in [0.717, 1.165) is 35.5 Å². The molecule has 8 nitrogen and oxygen atoms in total. The lowest BCUT2D eigenvalue weighted by molar-refractivity contribution is 0.748. The summed E-state index contributed by atoms with van der Waals surface area (Å²) in [5.41, 5.74) is 5.03. The molecule has 0 aliphatic rings. The molecule has 4 rings (SSSR count). The van der Waals surface area contributed by atoms with Crippen molar-refractivity contribution in [2.45, 2.75) is 12.8 Å². The third-order valence-corrected chi connectivity index (χ3v) is 5.98. The van der Waals surface area contributed by atoms with Gasteiger partial charge in [-0.1, -0.05) is 37.3 Å². The maximum absolute atomic E-state index is 4.65. The fourth-order valence-electron chi connectivity index (χ4n) is 3.26. The van der Waals surface area contributed by atoms with Gasteiger partial charge in [-0.25, -0.2) is 4.98 Å². The topological polar surface area (TPSA) is 90.9 Å². The van der Waals surface area contributed by atoms with Gasteiger partial charge in [-0.05, 0) is 36.7 Å². The van der Waals surface area contributed by atoms with Crippen LogP contribution in [0.1, 0.15) is 18.4 Å². The third-order valence-electron chi connectivity index (χ3n) is 5.18. The minimum atomic E-state index is 0.323. The number of rotatable bonds is 10. The molecule has 0 saturated carbocycles. The van der Waals surface area contributed by atoms with Gasteiger partial charge in [-0.15, -0.1) is 11.3 Å². The highest BCUT2D eigenvalue weighted by atomic mass is 32.1. The number of aromatic nitrogens is 4. The lowest BCUT2D eigenvalue weighted by Crippen LogP contribution is -2.29. The van der Waals surface area contributed by atoms with Gasteiger partial charge in [0.15, 0.2) is 0 Å². The van der Waals surface area contributed by atoms with E-state index in [-0.39, 0.29) is 0 Å². The number of thiazole rings is 1. The molecule has 2 aromatic heterocycles. The molecule has 1 unspecified atom stereocenters. The van der Waals surface area contributed by atoms with Gasteiger partial charge in [0.25, 0.3) is 0 Å². The molecule has 0 bridgehead atoms.